The minimum absolute atomic E-state index is 0.0864. The Morgan fingerprint density at radius 2 is 2.25 bits per heavy atom. The molecule has 0 aromatic heterocycles. The lowest BCUT2D eigenvalue weighted by Crippen LogP contribution is -2.49. The van der Waals surface area contributed by atoms with Gasteiger partial charge in [0.1, 0.15) is 5.82 Å². The van der Waals surface area contributed by atoms with Gasteiger partial charge in [0.15, 0.2) is 0 Å². The summed E-state index contributed by atoms with van der Waals surface area (Å²) < 4.78 is 18.8. The van der Waals surface area contributed by atoms with Crippen molar-refractivity contribution in [2.45, 2.75) is 13.0 Å². The number of aromatic carboxylic acids is 1. The van der Waals surface area contributed by atoms with Crippen molar-refractivity contribution in [2.24, 2.45) is 0 Å². The third-order valence-corrected chi connectivity index (χ3v) is 3.08. The molecule has 1 atom stereocenters. The molecule has 0 aliphatic carbocycles. The van der Waals surface area contributed by atoms with E-state index in [0.29, 0.717) is 19.8 Å². The van der Waals surface area contributed by atoms with Gasteiger partial charge in [0.25, 0.3) is 0 Å². The molecule has 1 saturated heterocycles. The highest BCUT2D eigenvalue weighted by Crippen LogP contribution is 2.18. The van der Waals surface area contributed by atoms with Crippen molar-refractivity contribution in [1.29, 1.82) is 0 Å². The maximum absolute atomic E-state index is 13.6. The standard InChI is InChI=1S/C13H15FN2O4/c1-8-7-20-5-4-16(8)13(19)15-11-6-9(12(17)18)2-3-10(11)14/h2-3,6,8H,4-5,7H2,1H3,(H,15,19)(H,17,18). The van der Waals surface area contributed by atoms with E-state index < -0.39 is 17.8 Å². The number of ether oxygens (including phenoxy) is 1. The number of nitrogens with one attached hydrogen (secondary N) is 1. The van der Waals surface area contributed by atoms with Gasteiger partial charge in [-0.3, -0.25) is 0 Å². The number of carbonyl (C=O) groups excluding carboxylic acids is 1. The second-order valence-electron chi connectivity index (χ2n) is 4.55. The summed E-state index contributed by atoms with van der Waals surface area (Å²) in [6.07, 6.45) is 0. The highest BCUT2D eigenvalue weighted by molar-refractivity contribution is 5.93. The van der Waals surface area contributed by atoms with Crippen LogP contribution in [-0.4, -0.2) is 47.8 Å². The van der Waals surface area contributed by atoms with Crippen LogP contribution in [0.25, 0.3) is 0 Å². The van der Waals surface area contributed by atoms with Gasteiger partial charge >= 0.3 is 12.0 Å². The van der Waals surface area contributed by atoms with E-state index in [1.807, 2.05) is 6.92 Å². The number of anilines is 1. The van der Waals surface area contributed by atoms with Gasteiger partial charge in [-0.2, -0.15) is 0 Å². The normalized spacial score (nSPS) is 18.7. The van der Waals surface area contributed by atoms with Crippen LogP contribution in [0, 0.1) is 5.82 Å². The van der Waals surface area contributed by atoms with E-state index in [0.717, 1.165) is 18.2 Å². The molecular weight excluding hydrogens is 267 g/mol. The van der Waals surface area contributed by atoms with Gasteiger partial charge in [-0.1, -0.05) is 0 Å². The number of nitrogens with zero attached hydrogens (tertiary/aromatic N) is 1. The molecule has 1 unspecified atom stereocenters. The van der Waals surface area contributed by atoms with E-state index in [2.05, 4.69) is 5.32 Å². The Morgan fingerprint density at radius 1 is 1.50 bits per heavy atom. The molecule has 0 bridgehead atoms. The fourth-order valence-electron chi connectivity index (χ4n) is 1.97. The summed E-state index contributed by atoms with van der Waals surface area (Å²) in [6, 6.07) is 2.67. The summed E-state index contributed by atoms with van der Waals surface area (Å²) in [7, 11) is 0. The number of carboxylic acids is 1. The lowest BCUT2D eigenvalue weighted by Gasteiger charge is -2.33. The molecule has 1 fully saturated rings. The maximum Gasteiger partial charge on any atom is 0.335 e. The minimum Gasteiger partial charge on any atom is -0.478 e. The first-order valence-electron chi connectivity index (χ1n) is 6.17. The SMILES string of the molecule is CC1COCCN1C(=O)Nc1cc(C(=O)O)ccc1F. The number of rotatable bonds is 2. The Morgan fingerprint density at radius 3 is 2.90 bits per heavy atom. The Balaban J connectivity index is 2.14. The summed E-state index contributed by atoms with van der Waals surface area (Å²) in [6.45, 7) is 3.08. The van der Waals surface area contributed by atoms with Crippen LogP contribution in [0.1, 0.15) is 17.3 Å². The fraction of sp³-hybridized carbons (Fsp3) is 0.385. The summed E-state index contributed by atoms with van der Waals surface area (Å²) in [5.41, 5.74) is -0.231. The predicted octanol–water partition coefficient (Wildman–Crippen LogP) is 1.78. The second kappa shape index (κ2) is 5.87. The largest absolute Gasteiger partial charge is 0.478 e. The van der Waals surface area contributed by atoms with Gasteiger partial charge in [-0.25, -0.2) is 14.0 Å². The first-order chi connectivity index (χ1) is 9.49. The Labute approximate surface area is 115 Å². The monoisotopic (exact) mass is 282 g/mol. The highest BCUT2D eigenvalue weighted by Gasteiger charge is 2.24. The number of urea groups is 1. The first-order valence-corrected chi connectivity index (χ1v) is 6.17. The van der Waals surface area contributed by atoms with Crippen molar-refractivity contribution in [3.05, 3.63) is 29.6 Å². The molecule has 2 rings (SSSR count). The molecule has 1 heterocycles. The van der Waals surface area contributed by atoms with Crippen LogP contribution >= 0.6 is 0 Å². The fourth-order valence-corrected chi connectivity index (χ4v) is 1.97. The number of morpholine rings is 1. The van der Waals surface area contributed by atoms with Crippen LogP contribution < -0.4 is 5.32 Å². The zero-order valence-electron chi connectivity index (χ0n) is 10.9. The summed E-state index contributed by atoms with van der Waals surface area (Å²) in [5.74, 6) is -1.86. The van der Waals surface area contributed by atoms with Crippen LogP contribution in [0.2, 0.25) is 0 Å². The molecule has 0 spiro atoms. The molecule has 2 N–H and O–H groups in total. The van der Waals surface area contributed by atoms with Gasteiger partial charge in [0, 0.05) is 6.54 Å². The van der Waals surface area contributed by atoms with Crippen molar-refractivity contribution in [3.8, 4) is 0 Å². The molecule has 108 valence electrons. The molecule has 1 aliphatic rings. The molecule has 6 nitrogen and oxygen atoms in total. The van der Waals surface area contributed by atoms with Crippen molar-refractivity contribution in [1.82, 2.24) is 4.90 Å². The summed E-state index contributed by atoms with van der Waals surface area (Å²) >= 11 is 0. The lowest BCUT2D eigenvalue weighted by atomic mass is 10.2. The van der Waals surface area contributed by atoms with Crippen LogP contribution in [0.4, 0.5) is 14.9 Å². The van der Waals surface area contributed by atoms with Crippen LogP contribution in [-0.2, 0) is 4.74 Å². The van der Waals surface area contributed by atoms with Crippen molar-refractivity contribution in [2.75, 3.05) is 25.1 Å². The molecule has 7 heteroatoms. The molecule has 0 radical (unpaired) electrons. The third-order valence-electron chi connectivity index (χ3n) is 3.08. The molecule has 20 heavy (non-hydrogen) atoms. The Bertz CT molecular complexity index is 535. The van der Waals surface area contributed by atoms with E-state index in [1.54, 1.807) is 0 Å². The van der Waals surface area contributed by atoms with Gasteiger partial charge < -0.3 is 20.1 Å². The Kier molecular flexibility index (Phi) is 4.19. The minimum atomic E-state index is -1.18. The van der Waals surface area contributed by atoms with E-state index in [4.69, 9.17) is 9.84 Å². The second-order valence-corrected chi connectivity index (χ2v) is 4.55. The molecule has 2 amide bonds. The predicted molar refractivity (Wildman–Crippen MR) is 69.4 cm³/mol. The van der Waals surface area contributed by atoms with Gasteiger partial charge in [0.05, 0.1) is 30.5 Å². The summed E-state index contributed by atoms with van der Waals surface area (Å²) in [5, 5.41) is 11.3. The average molecular weight is 282 g/mol. The molecule has 1 aromatic rings. The van der Waals surface area contributed by atoms with E-state index >= 15 is 0 Å². The average Bonchev–Trinajstić information content (AvgIpc) is 2.41. The van der Waals surface area contributed by atoms with Crippen LogP contribution in [0.3, 0.4) is 0 Å². The molecule has 1 aliphatic heterocycles. The third kappa shape index (κ3) is 3.05. The Hall–Kier alpha value is -2.15. The number of carboxylic acid groups (broad SMARTS) is 1. The smallest absolute Gasteiger partial charge is 0.335 e. The molecule has 0 saturated carbocycles. The van der Waals surface area contributed by atoms with E-state index in [-0.39, 0.29) is 17.3 Å². The topological polar surface area (TPSA) is 78.9 Å². The molecule has 1 aromatic carbocycles. The van der Waals surface area contributed by atoms with Crippen molar-refractivity contribution >= 4 is 17.7 Å². The number of hydrogen-bond acceptors (Lipinski definition) is 3. The number of amides is 2. The van der Waals surface area contributed by atoms with E-state index in [9.17, 15) is 14.0 Å². The first kappa shape index (κ1) is 14.3. The number of hydrogen-bond donors (Lipinski definition) is 2. The van der Waals surface area contributed by atoms with Crippen molar-refractivity contribution in [3.63, 3.8) is 0 Å². The van der Waals surface area contributed by atoms with Gasteiger partial charge in [-0.15, -0.1) is 0 Å². The van der Waals surface area contributed by atoms with Crippen LogP contribution in [0.15, 0.2) is 18.2 Å². The number of benzene rings is 1. The van der Waals surface area contributed by atoms with E-state index in [1.165, 1.54) is 4.90 Å². The van der Waals surface area contributed by atoms with Gasteiger partial charge in [0.2, 0.25) is 0 Å². The maximum atomic E-state index is 13.6. The quantitative estimate of drug-likeness (QED) is 0.866. The number of carbonyl (C=O) groups is 2. The van der Waals surface area contributed by atoms with Crippen molar-refractivity contribution < 1.29 is 23.8 Å². The lowest BCUT2D eigenvalue weighted by molar-refractivity contribution is 0.0221. The van der Waals surface area contributed by atoms with Gasteiger partial charge in [-0.05, 0) is 25.1 Å². The zero-order chi connectivity index (χ0) is 14.7. The highest BCUT2D eigenvalue weighted by atomic mass is 19.1. The zero-order valence-corrected chi connectivity index (χ0v) is 10.9. The number of halogens is 1. The summed E-state index contributed by atoms with van der Waals surface area (Å²) in [4.78, 5) is 24.4. The van der Waals surface area contributed by atoms with Crippen LogP contribution in [0.5, 0.6) is 0 Å². The molecular formula is C13H15FN2O4.